The van der Waals surface area contributed by atoms with Crippen LogP contribution >= 0.6 is 23.2 Å². The van der Waals surface area contributed by atoms with E-state index in [4.69, 9.17) is 33.0 Å². The summed E-state index contributed by atoms with van der Waals surface area (Å²) in [4.78, 5) is 14.4. The predicted molar refractivity (Wildman–Crippen MR) is 121 cm³/mol. The molecule has 0 saturated heterocycles. The van der Waals surface area contributed by atoms with E-state index in [9.17, 15) is 23.1 Å². The molecule has 3 aromatic rings. The van der Waals surface area contributed by atoms with Crippen LogP contribution in [0.3, 0.4) is 0 Å². The van der Waals surface area contributed by atoms with Crippen LogP contribution in [0.1, 0.15) is 35.1 Å². The van der Waals surface area contributed by atoms with Crippen LogP contribution in [0.15, 0.2) is 60.8 Å². The number of ether oxygens (including phenoxy) is 1. The number of alkyl halides is 3. The maximum Gasteiger partial charge on any atom is 0.422 e. The molecule has 0 spiro atoms. The van der Waals surface area contributed by atoms with Gasteiger partial charge in [0, 0.05) is 17.1 Å². The molecule has 10 heteroatoms. The summed E-state index contributed by atoms with van der Waals surface area (Å²) in [5.41, 5.74) is -2.23. The zero-order chi connectivity index (χ0) is 25.1. The Balaban J connectivity index is 1.81. The van der Waals surface area contributed by atoms with Crippen LogP contribution in [0.25, 0.3) is 0 Å². The molecule has 0 aliphatic heterocycles. The van der Waals surface area contributed by atoms with Crippen LogP contribution in [0.5, 0.6) is 5.75 Å². The van der Waals surface area contributed by atoms with Gasteiger partial charge in [0.1, 0.15) is 17.5 Å². The molecule has 2 aromatic carbocycles. The van der Waals surface area contributed by atoms with Crippen molar-refractivity contribution in [3.63, 3.8) is 0 Å². The number of nitrogens with zero attached hydrogens (tertiary/aromatic N) is 1. The zero-order valence-electron chi connectivity index (χ0n) is 17.8. The third-order valence-electron chi connectivity index (χ3n) is 5.45. The van der Waals surface area contributed by atoms with Gasteiger partial charge in [0.25, 0.3) is 0 Å². The van der Waals surface area contributed by atoms with E-state index in [0.29, 0.717) is 11.3 Å². The van der Waals surface area contributed by atoms with E-state index in [1.807, 2.05) is 0 Å². The number of halogens is 5. The van der Waals surface area contributed by atoms with Gasteiger partial charge >= 0.3 is 12.1 Å². The molecule has 0 aliphatic rings. The van der Waals surface area contributed by atoms with Gasteiger partial charge in [-0.2, -0.15) is 13.2 Å². The fraction of sp³-hybridized carbons (Fsp3) is 0.250. The molecule has 0 saturated carbocycles. The maximum absolute atomic E-state index is 14.1. The van der Waals surface area contributed by atoms with E-state index < -0.39 is 29.2 Å². The summed E-state index contributed by atoms with van der Waals surface area (Å²) in [5.74, 6) is -2.09. The van der Waals surface area contributed by atoms with Gasteiger partial charge in [0.2, 0.25) is 0 Å². The number of hydrogen-bond donors (Lipinski definition) is 2. The number of carboxylic acids is 1. The van der Waals surface area contributed by atoms with Crippen molar-refractivity contribution in [3.05, 3.63) is 93.2 Å². The van der Waals surface area contributed by atoms with E-state index in [2.05, 4.69) is 4.98 Å². The fourth-order valence-corrected chi connectivity index (χ4v) is 4.08. The van der Waals surface area contributed by atoms with E-state index in [1.54, 1.807) is 24.3 Å². The summed E-state index contributed by atoms with van der Waals surface area (Å²) < 4.78 is 47.9. The number of rotatable bonds is 8. The van der Waals surface area contributed by atoms with Crippen molar-refractivity contribution >= 4 is 29.2 Å². The Morgan fingerprint density at radius 3 is 2.26 bits per heavy atom. The summed E-state index contributed by atoms with van der Waals surface area (Å²) in [6.45, 7) is 1.36. The monoisotopic (exact) mass is 513 g/mol. The average Bonchev–Trinajstić information content (AvgIpc) is 2.76. The fourth-order valence-electron chi connectivity index (χ4n) is 3.57. The number of carbonyl (C=O) groups is 1. The van der Waals surface area contributed by atoms with Crippen molar-refractivity contribution in [1.29, 1.82) is 0 Å². The molecule has 2 N–H and O–H groups in total. The Kier molecular flexibility index (Phi) is 7.75. The van der Waals surface area contributed by atoms with Gasteiger partial charge in [-0.25, -0.2) is 4.98 Å². The Labute approximate surface area is 203 Å². The second kappa shape index (κ2) is 10.2. The van der Waals surface area contributed by atoms with E-state index in [0.717, 1.165) is 23.9 Å². The van der Waals surface area contributed by atoms with Crippen LogP contribution in [-0.2, 0) is 23.4 Å². The van der Waals surface area contributed by atoms with Crippen LogP contribution < -0.4 is 4.74 Å². The highest BCUT2D eigenvalue weighted by molar-refractivity contribution is 6.31. The summed E-state index contributed by atoms with van der Waals surface area (Å²) >= 11 is 12.1. The molecule has 1 aromatic heterocycles. The number of aliphatic carboxylic acids is 1. The minimum absolute atomic E-state index is 0.00960. The Morgan fingerprint density at radius 1 is 1.06 bits per heavy atom. The Hall–Kier alpha value is -2.81. The van der Waals surface area contributed by atoms with Gasteiger partial charge in [-0.3, -0.25) is 4.79 Å². The van der Waals surface area contributed by atoms with Crippen LogP contribution in [-0.4, -0.2) is 27.3 Å². The quantitative estimate of drug-likeness (QED) is 0.353. The molecule has 0 aliphatic carbocycles. The van der Waals surface area contributed by atoms with Crippen molar-refractivity contribution in [2.24, 2.45) is 0 Å². The molecule has 34 heavy (non-hydrogen) atoms. The van der Waals surface area contributed by atoms with Gasteiger partial charge in [-0.05, 0) is 46.5 Å². The molecule has 3 rings (SSSR count). The van der Waals surface area contributed by atoms with Gasteiger partial charge < -0.3 is 14.9 Å². The standard InChI is InChI=1S/C24H20Cl2F3NO4/c1-14(23(33,24(27,28)29)17-8-9-30-21(26)11-17)19-7-6-18(12-20(19)25)34-13-16-4-2-15(3-5-16)10-22(31)32/h2-9,11-12,14,33H,10,13H2,1H3,(H,31,32). The summed E-state index contributed by atoms with van der Waals surface area (Å²) in [6, 6.07) is 13.0. The molecule has 0 radical (unpaired) electrons. The van der Waals surface area contributed by atoms with Crippen LogP contribution in [0, 0.1) is 0 Å². The first kappa shape index (κ1) is 25.8. The molecule has 2 atom stereocenters. The first-order valence-electron chi connectivity index (χ1n) is 10.0. The Morgan fingerprint density at radius 2 is 1.71 bits per heavy atom. The molecular formula is C24H20Cl2F3NO4. The van der Waals surface area contributed by atoms with Crippen molar-refractivity contribution in [1.82, 2.24) is 4.98 Å². The molecule has 0 fully saturated rings. The van der Waals surface area contributed by atoms with E-state index >= 15 is 0 Å². The first-order chi connectivity index (χ1) is 15.9. The highest BCUT2D eigenvalue weighted by Gasteiger charge is 2.59. The normalized spacial score (nSPS) is 14.3. The summed E-state index contributed by atoms with van der Waals surface area (Å²) in [7, 11) is 0. The SMILES string of the molecule is CC(c1ccc(OCc2ccc(CC(=O)O)cc2)cc1Cl)C(O)(c1ccnc(Cl)c1)C(F)(F)F. The largest absolute Gasteiger partial charge is 0.489 e. The van der Waals surface area contributed by atoms with Crippen molar-refractivity contribution < 1.29 is 32.9 Å². The van der Waals surface area contributed by atoms with Gasteiger partial charge in [0.05, 0.1) is 6.42 Å². The molecule has 2 unspecified atom stereocenters. The van der Waals surface area contributed by atoms with Crippen molar-refractivity contribution in [2.75, 3.05) is 0 Å². The van der Waals surface area contributed by atoms with Crippen molar-refractivity contribution in [2.45, 2.75) is 37.6 Å². The minimum atomic E-state index is -5.03. The number of aliphatic hydroxyl groups is 1. The Bertz CT molecular complexity index is 1170. The maximum atomic E-state index is 14.1. The second-order valence-corrected chi connectivity index (χ2v) is 8.51. The average molecular weight is 514 g/mol. The highest BCUT2D eigenvalue weighted by Crippen LogP contribution is 2.50. The number of aromatic nitrogens is 1. The topological polar surface area (TPSA) is 79.7 Å². The number of pyridine rings is 1. The van der Waals surface area contributed by atoms with E-state index in [1.165, 1.54) is 25.1 Å². The summed E-state index contributed by atoms with van der Waals surface area (Å²) in [6.07, 6.45) is -4.03. The van der Waals surface area contributed by atoms with Crippen LogP contribution in [0.2, 0.25) is 10.2 Å². The van der Waals surface area contributed by atoms with Gasteiger partial charge in [-0.15, -0.1) is 0 Å². The van der Waals surface area contributed by atoms with Gasteiger partial charge in [0.15, 0.2) is 5.60 Å². The molecule has 5 nitrogen and oxygen atoms in total. The number of carboxylic acid groups (broad SMARTS) is 1. The highest BCUT2D eigenvalue weighted by atomic mass is 35.5. The first-order valence-corrected chi connectivity index (χ1v) is 10.8. The molecule has 180 valence electrons. The second-order valence-electron chi connectivity index (χ2n) is 7.71. The summed E-state index contributed by atoms with van der Waals surface area (Å²) in [5, 5.41) is 19.5. The lowest BCUT2D eigenvalue weighted by atomic mass is 9.78. The third kappa shape index (κ3) is 5.63. The number of benzene rings is 2. The third-order valence-corrected chi connectivity index (χ3v) is 5.98. The molecule has 0 bridgehead atoms. The lowest BCUT2D eigenvalue weighted by Crippen LogP contribution is -2.46. The lowest BCUT2D eigenvalue weighted by molar-refractivity contribution is -0.274. The molecule has 1 heterocycles. The molecule has 0 amide bonds. The number of hydrogen-bond acceptors (Lipinski definition) is 4. The zero-order valence-corrected chi connectivity index (χ0v) is 19.3. The minimum Gasteiger partial charge on any atom is -0.489 e. The van der Waals surface area contributed by atoms with E-state index in [-0.39, 0.29) is 28.8 Å². The lowest BCUT2D eigenvalue weighted by Gasteiger charge is -2.37. The predicted octanol–water partition coefficient (Wildman–Crippen LogP) is 6.15. The van der Waals surface area contributed by atoms with Gasteiger partial charge in [-0.1, -0.05) is 60.5 Å². The van der Waals surface area contributed by atoms with Crippen LogP contribution in [0.4, 0.5) is 13.2 Å². The smallest absolute Gasteiger partial charge is 0.422 e. The molecular weight excluding hydrogens is 494 g/mol. The van der Waals surface area contributed by atoms with Crippen molar-refractivity contribution in [3.8, 4) is 5.75 Å².